The molecule has 3 N–H and O–H groups in total. The summed E-state index contributed by atoms with van der Waals surface area (Å²) in [5.41, 5.74) is 8.70. The van der Waals surface area contributed by atoms with Gasteiger partial charge in [0.05, 0.1) is 12.8 Å². The summed E-state index contributed by atoms with van der Waals surface area (Å²) in [5, 5.41) is 2.99. The van der Waals surface area contributed by atoms with Crippen LogP contribution in [0, 0.1) is 0 Å². The predicted molar refractivity (Wildman–Crippen MR) is 86.7 cm³/mol. The highest BCUT2D eigenvalue weighted by atomic mass is 16.5. The van der Waals surface area contributed by atoms with Crippen LogP contribution in [0.15, 0.2) is 24.3 Å². The number of nitrogens with zero attached hydrogens (tertiary/aromatic N) is 2. The third-order valence-corrected chi connectivity index (χ3v) is 3.34. The van der Waals surface area contributed by atoms with E-state index in [2.05, 4.69) is 48.2 Å². The number of aromatic nitrogens is 2. The largest absolute Gasteiger partial charge is 0.496 e. The molecule has 112 valence electrons. The molecule has 0 atom stereocenters. The van der Waals surface area contributed by atoms with E-state index >= 15 is 0 Å². The maximum atomic E-state index is 5.78. The fourth-order valence-corrected chi connectivity index (χ4v) is 2.11. The predicted octanol–water partition coefficient (Wildman–Crippen LogP) is 3.07. The summed E-state index contributed by atoms with van der Waals surface area (Å²) in [5.74, 6) is 1.68. The molecule has 0 unspecified atom stereocenters. The highest BCUT2D eigenvalue weighted by molar-refractivity contribution is 5.71. The summed E-state index contributed by atoms with van der Waals surface area (Å²) in [7, 11) is 3.45. The van der Waals surface area contributed by atoms with Crippen LogP contribution in [0.1, 0.15) is 26.3 Å². The van der Waals surface area contributed by atoms with E-state index in [4.69, 9.17) is 10.5 Å². The number of hydrogen-bond acceptors (Lipinski definition) is 5. The Balaban J connectivity index is 2.63. The average Bonchev–Trinajstić information content (AvgIpc) is 2.44. The van der Waals surface area contributed by atoms with Crippen molar-refractivity contribution in [1.82, 2.24) is 9.97 Å². The lowest BCUT2D eigenvalue weighted by atomic mass is 9.85. The lowest BCUT2D eigenvalue weighted by molar-refractivity contribution is 0.415. The molecule has 1 aromatic carbocycles. The summed E-state index contributed by atoms with van der Waals surface area (Å²) in [6.07, 6.45) is 0. The lowest BCUT2D eigenvalue weighted by Gasteiger charge is -2.21. The number of anilines is 2. The average molecular weight is 286 g/mol. The molecule has 21 heavy (non-hydrogen) atoms. The van der Waals surface area contributed by atoms with Crippen molar-refractivity contribution in [3.05, 3.63) is 29.8 Å². The van der Waals surface area contributed by atoms with Crippen molar-refractivity contribution in [3.8, 4) is 17.0 Å². The molecule has 0 aliphatic rings. The Labute approximate surface area is 125 Å². The summed E-state index contributed by atoms with van der Waals surface area (Å²) in [6.45, 7) is 6.52. The van der Waals surface area contributed by atoms with Gasteiger partial charge < -0.3 is 15.8 Å². The van der Waals surface area contributed by atoms with Gasteiger partial charge in [-0.05, 0) is 23.1 Å². The van der Waals surface area contributed by atoms with E-state index in [9.17, 15) is 0 Å². The third-order valence-electron chi connectivity index (χ3n) is 3.34. The first-order chi connectivity index (χ1) is 9.85. The standard InChI is InChI=1S/C16H22N4O/c1-16(2,3)10-6-7-13(21-5)11(8-10)12-9-14(18-4)20-15(17)19-12/h6-9H,1-5H3,(H3,17,18,19,20). The van der Waals surface area contributed by atoms with E-state index in [0.717, 1.165) is 17.0 Å². The van der Waals surface area contributed by atoms with Crippen molar-refractivity contribution in [3.63, 3.8) is 0 Å². The molecule has 0 radical (unpaired) electrons. The smallest absolute Gasteiger partial charge is 0.222 e. The molecule has 1 aromatic heterocycles. The van der Waals surface area contributed by atoms with E-state index in [1.165, 1.54) is 5.56 Å². The second kappa shape index (κ2) is 5.60. The van der Waals surface area contributed by atoms with Gasteiger partial charge in [0.1, 0.15) is 11.6 Å². The fourth-order valence-electron chi connectivity index (χ4n) is 2.11. The number of methoxy groups -OCH3 is 1. The van der Waals surface area contributed by atoms with E-state index in [0.29, 0.717) is 5.82 Å². The quantitative estimate of drug-likeness (QED) is 0.907. The Kier molecular flexibility index (Phi) is 4.02. The van der Waals surface area contributed by atoms with E-state index in [1.807, 2.05) is 12.1 Å². The minimum atomic E-state index is 0.0471. The molecule has 2 rings (SSSR count). The molecule has 2 aromatic rings. The Morgan fingerprint density at radius 2 is 1.86 bits per heavy atom. The second-order valence-electron chi connectivity index (χ2n) is 5.91. The highest BCUT2D eigenvalue weighted by Crippen LogP contribution is 2.34. The zero-order valence-corrected chi connectivity index (χ0v) is 13.2. The zero-order valence-electron chi connectivity index (χ0n) is 13.2. The van der Waals surface area contributed by atoms with Crippen LogP contribution in [0.5, 0.6) is 5.75 Å². The molecular formula is C16H22N4O. The maximum absolute atomic E-state index is 5.78. The van der Waals surface area contributed by atoms with Crippen molar-refractivity contribution in [2.75, 3.05) is 25.2 Å². The van der Waals surface area contributed by atoms with Crippen LogP contribution in [0.2, 0.25) is 0 Å². The van der Waals surface area contributed by atoms with Crippen LogP contribution < -0.4 is 15.8 Å². The fraction of sp³-hybridized carbons (Fsp3) is 0.375. The van der Waals surface area contributed by atoms with Gasteiger partial charge in [0.2, 0.25) is 5.95 Å². The van der Waals surface area contributed by atoms with E-state index in [-0.39, 0.29) is 11.4 Å². The minimum Gasteiger partial charge on any atom is -0.496 e. The molecule has 0 spiro atoms. The van der Waals surface area contributed by atoms with Gasteiger partial charge in [-0.15, -0.1) is 0 Å². The normalized spacial score (nSPS) is 11.3. The third kappa shape index (κ3) is 3.24. The van der Waals surface area contributed by atoms with Crippen molar-refractivity contribution in [2.45, 2.75) is 26.2 Å². The Hall–Kier alpha value is -2.30. The molecule has 0 aliphatic heterocycles. The first kappa shape index (κ1) is 15.1. The molecular weight excluding hydrogens is 264 g/mol. The molecule has 0 saturated carbocycles. The van der Waals surface area contributed by atoms with Crippen molar-refractivity contribution >= 4 is 11.8 Å². The molecule has 5 nitrogen and oxygen atoms in total. The number of nitrogens with one attached hydrogen (secondary N) is 1. The van der Waals surface area contributed by atoms with Gasteiger partial charge in [0.25, 0.3) is 0 Å². The number of nitrogen functional groups attached to an aromatic ring is 1. The van der Waals surface area contributed by atoms with Gasteiger partial charge in [-0.3, -0.25) is 0 Å². The summed E-state index contributed by atoms with van der Waals surface area (Å²) in [6, 6.07) is 8.00. The van der Waals surface area contributed by atoms with Gasteiger partial charge in [-0.2, -0.15) is 4.98 Å². The molecule has 5 heteroatoms. The van der Waals surface area contributed by atoms with Gasteiger partial charge in [-0.1, -0.05) is 26.8 Å². The van der Waals surface area contributed by atoms with Gasteiger partial charge in [-0.25, -0.2) is 4.98 Å². The number of ether oxygens (including phenoxy) is 1. The second-order valence-corrected chi connectivity index (χ2v) is 5.91. The van der Waals surface area contributed by atoms with Crippen LogP contribution in [-0.2, 0) is 5.41 Å². The molecule has 0 bridgehead atoms. The number of rotatable bonds is 3. The van der Waals surface area contributed by atoms with Gasteiger partial charge in [0, 0.05) is 18.7 Å². The first-order valence-electron chi connectivity index (χ1n) is 6.86. The zero-order chi connectivity index (χ0) is 15.6. The molecule has 0 amide bonds. The van der Waals surface area contributed by atoms with Gasteiger partial charge in [0.15, 0.2) is 0 Å². The molecule has 0 aliphatic carbocycles. The summed E-state index contributed by atoms with van der Waals surface area (Å²) in [4.78, 5) is 8.45. The topological polar surface area (TPSA) is 73.1 Å². The lowest BCUT2D eigenvalue weighted by Crippen LogP contribution is -2.11. The van der Waals surface area contributed by atoms with Crippen molar-refractivity contribution in [2.24, 2.45) is 0 Å². The summed E-state index contributed by atoms with van der Waals surface area (Å²) < 4.78 is 5.46. The minimum absolute atomic E-state index is 0.0471. The number of nitrogens with two attached hydrogens (primary N) is 1. The van der Waals surface area contributed by atoms with Crippen LogP contribution in [0.3, 0.4) is 0 Å². The van der Waals surface area contributed by atoms with Crippen LogP contribution in [-0.4, -0.2) is 24.1 Å². The number of hydrogen-bond donors (Lipinski definition) is 2. The SMILES string of the molecule is CNc1cc(-c2cc(C(C)(C)C)ccc2OC)nc(N)n1. The molecule has 1 heterocycles. The van der Waals surface area contributed by atoms with Crippen LogP contribution in [0.4, 0.5) is 11.8 Å². The van der Waals surface area contributed by atoms with E-state index < -0.39 is 0 Å². The summed E-state index contributed by atoms with van der Waals surface area (Å²) >= 11 is 0. The Morgan fingerprint density at radius 3 is 2.43 bits per heavy atom. The maximum Gasteiger partial charge on any atom is 0.222 e. The number of benzene rings is 1. The first-order valence-corrected chi connectivity index (χ1v) is 6.86. The monoisotopic (exact) mass is 286 g/mol. The van der Waals surface area contributed by atoms with Crippen molar-refractivity contribution < 1.29 is 4.74 Å². The van der Waals surface area contributed by atoms with E-state index in [1.54, 1.807) is 14.2 Å². The molecule has 0 fully saturated rings. The Bertz CT molecular complexity index is 647. The Morgan fingerprint density at radius 1 is 1.14 bits per heavy atom. The van der Waals surface area contributed by atoms with Gasteiger partial charge >= 0.3 is 0 Å². The van der Waals surface area contributed by atoms with Crippen LogP contribution in [0.25, 0.3) is 11.3 Å². The highest BCUT2D eigenvalue weighted by Gasteiger charge is 2.17. The van der Waals surface area contributed by atoms with Crippen LogP contribution >= 0.6 is 0 Å². The molecule has 0 saturated heterocycles. The van der Waals surface area contributed by atoms with Crippen molar-refractivity contribution in [1.29, 1.82) is 0 Å².